The molecule has 1 amide bonds. The zero-order chi connectivity index (χ0) is 22.1. The van der Waals surface area contributed by atoms with Crippen molar-refractivity contribution in [1.82, 2.24) is 5.32 Å². The Morgan fingerprint density at radius 3 is 2.37 bits per heavy atom. The first kappa shape index (κ1) is 22.3. The molecular weight excluding hydrogens is 396 g/mol. The smallest absolute Gasteiger partial charge is 0.251 e. The Hall–Kier alpha value is -2.34. The van der Waals surface area contributed by atoms with Crippen LogP contribution in [0.15, 0.2) is 36.4 Å². The molecule has 2 aromatic rings. The molecule has 1 aliphatic rings. The second-order valence-electron chi connectivity index (χ2n) is 8.65. The highest BCUT2D eigenvalue weighted by molar-refractivity contribution is 7.92. The zero-order valence-electron chi connectivity index (χ0n) is 18.5. The molecule has 0 radical (unpaired) electrons. The van der Waals surface area contributed by atoms with Gasteiger partial charge in [-0.2, -0.15) is 0 Å². The molecule has 1 N–H and O–H groups in total. The van der Waals surface area contributed by atoms with Crippen LogP contribution in [0.4, 0.5) is 5.69 Å². The van der Waals surface area contributed by atoms with E-state index < -0.39 is 10.0 Å². The normalized spacial score (nSPS) is 17.1. The number of anilines is 1. The fourth-order valence-electron chi connectivity index (χ4n) is 4.08. The van der Waals surface area contributed by atoms with Crippen molar-refractivity contribution in [3.8, 4) is 0 Å². The summed E-state index contributed by atoms with van der Waals surface area (Å²) in [6.45, 7) is 10.6. The molecule has 30 heavy (non-hydrogen) atoms. The Bertz CT molecular complexity index is 1040. The SMILES string of the molecule is Cc1ccc([C@@H](NC(=O)c2ccc(C)c(N3CCCCS3(=O)=O)c2)C(C)C)c(C)c1. The highest BCUT2D eigenvalue weighted by atomic mass is 32.2. The van der Waals surface area contributed by atoms with E-state index in [4.69, 9.17) is 0 Å². The van der Waals surface area contributed by atoms with Crippen LogP contribution in [0.1, 0.15) is 65.3 Å². The molecule has 5 nitrogen and oxygen atoms in total. The number of sulfonamides is 1. The van der Waals surface area contributed by atoms with Gasteiger partial charge >= 0.3 is 0 Å². The van der Waals surface area contributed by atoms with Crippen LogP contribution in [-0.2, 0) is 10.0 Å². The summed E-state index contributed by atoms with van der Waals surface area (Å²) in [4.78, 5) is 13.1. The predicted molar refractivity (Wildman–Crippen MR) is 123 cm³/mol. The van der Waals surface area contributed by atoms with E-state index in [1.54, 1.807) is 12.1 Å². The quantitative estimate of drug-likeness (QED) is 0.753. The van der Waals surface area contributed by atoms with Gasteiger partial charge in [-0.3, -0.25) is 9.10 Å². The van der Waals surface area contributed by atoms with Crippen LogP contribution in [0.5, 0.6) is 0 Å². The van der Waals surface area contributed by atoms with Gasteiger partial charge in [0.2, 0.25) is 10.0 Å². The van der Waals surface area contributed by atoms with Crippen LogP contribution in [0, 0.1) is 26.7 Å². The number of carbonyl (C=O) groups is 1. The third-order valence-corrected chi connectivity index (χ3v) is 7.66. The topological polar surface area (TPSA) is 66.5 Å². The molecule has 162 valence electrons. The summed E-state index contributed by atoms with van der Waals surface area (Å²) >= 11 is 0. The third-order valence-electron chi connectivity index (χ3n) is 5.80. The maximum atomic E-state index is 13.1. The summed E-state index contributed by atoms with van der Waals surface area (Å²) in [5, 5.41) is 3.17. The maximum absolute atomic E-state index is 13.1. The predicted octanol–water partition coefficient (Wildman–Crippen LogP) is 4.67. The minimum Gasteiger partial charge on any atom is -0.345 e. The van der Waals surface area contributed by atoms with Gasteiger partial charge in [0.25, 0.3) is 5.91 Å². The van der Waals surface area contributed by atoms with Crippen LogP contribution >= 0.6 is 0 Å². The van der Waals surface area contributed by atoms with Gasteiger partial charge in [-0.25, -0.2) is 8.42 Å². The summed E-state index contributed by atoms with van der Waals surface area (Å²) in [7, 11) is -3.33. The first-order valence-electron chi connectivity index (χ1n) is 10.6. The third kappa shape index (κ3) is 4.69. The number of benzene rings is 2. The minimum absolute atomic E-state index is 0.124. The summed E-state index contributed by atoms with van der Waals surface area (Å²) in [5.41, 5.74) is 5.39. The maximum Gasteiger partial charge on any atom is 0.251 e. The van der Waals surface area contributed by atoms with E-state index in [1.807, 2.05) is 13.0 Å². The standard InChI is InChI=1S/C24H32N2O3S/c1-16(2)23(21-11-8-17(3)14-19(21)5)25-24(27)20-10-9-18(4)22(15-20)26-12-6-7-13-30(26,28)29/h8-11,14-16,23H,6-7,12-13H2,1-5H3,(H,25,27)/t23-/m0/s1. The number of carbonyl (C=O) groups excluding carboxylic acids is 1. The molecule has 1 fully saturated rings. The molecule has 0 aromatic heterocycles. The number of nitrogens with one attached hydrogen (secondary N) is 1. The average Bonchev–Trinajstić information content (AvgIpc) is 2.67. The molecule has 0 saturated carbocycles. The van der Waals surface area contributed by atoms with Crippen molar-refractivity contribution in [2.45, 2.75) is 53.5 Å². The molecule has 1 heterocycles. The van der Waals surface area contributed by atoms with Crippen molar-refractivity contribution in [2.24, 2.45) is 5.92 Å². The number of nitrogens with zero attached hydrogens (tertiary/aromatic N) is 1. The van der Waals surface area contributed by atoms with Crippen LogP contribution in [0.2, 0.25) is 0 Å². The Morgan fingerprint density at radius 2 is 1.73 bits per heavy atom. The first-order chi connectivity index (χ1) is 14.1. The lowest BCUT2D eigenvalue weighted by Crippen LogP contribution is -2.38. The molecular formula is C24H32N2O3S. The van der Waals surface area contributed by atoms with Gasteiger partial charge in [0, 0.05) is 12.1 Å². The fraction of sp³-hybridized carbons (Fsp3) is 0.458. The van der Waals surface area contributed by atoms with Crippen LogP contribution < -0.4 is 9.62 Å². The molecule has 3 rings (SSSR count). The largest absolute Gasteiger partial charge is 0.345 e. The van der Waals surface area contributed by atoms with Gasteiger partial charge in [0.15, 0.2) is 0 Å². The van der Waals surface area contributed by atoms with E-state index in [0.717, 1.165) is 23.1 Å². The van der Waals surface area contributed by atoms with Crippen molar-refractivity contribution in [3.63, 3.8) is 0 Å². The van der Waals surface area contributed by atoms with Crippen molar-refractivity contribution in [1.29, 1.82) is 0 Å². The molecule has 1 aliphatic heterocycles. The molecule has 1 atom stereocenters. The van der Waals surface area contributed by atoms with Crippen LogP contribution in [0.3, 0.4) is 0 Å². The Kier molecular flexibility index (Phi) is 6.56. The van der Waals surface area contributed by atoms with E-state index in [0.29, 0.717) is 24.2 Å². The van der Waals surface area contributed by atoms with Crippen LogP contribution in [-0.4, -0.2) is 26.6 Å². The van der Waals surface area contributed by atoms with Crippen LogP contribution in [0.25, 0.3) is 0 Å². The number of hydrogen-bond donors (Lipinski definition) is 1. The van der Waals surface area contributed by atoms with Gasteiger partial charge in [0.05, 0.1) is 17.5 Å². The lowest BCUT2D eigenvalue weighted by molar-refractivity contribution is 0.0925. The molecule has 1 saturated heterocycles. The second-order valence-corrected chi connectivity index (χ2v) is 10.7. The second kappa shape index (κ2) is 8.80. The molecule has 0 spiro atoms. The Labute approximate surface area is 180 Å². The van der Waals surface area contributed by atoms with Crippen molar-refractivity contribution in [3.05, 3.63) is 64.2 Å². The van der Waals surface area contributed by atoms with Crippen molar-refractivity contribution < 1.29 is 13.2 Å². The number of amides is 1. The average molecular weight is 429 g/mol. The first-order valence-corrected chi connectivity index (χ1v) is 12.2. The fourth-order valence-corrected chi connectivity index (χ4v) is 5.77. The highest BCUT2D eigenvalue weighted by Crippen LogP contribution is 2.29. The van der Waals surface area contributed by atoms with E-state index in [2.05, 4.69) is 51.2 Å². The highest BCUT2D eigenvalue weighted by Gasteiger charge is 2.28. The zero-order valence-corrected chi connectivity index (χ0v) is 19.3. The molecule has 2 aromatic carbocycles. The van der Waals surface area contributed by atoms with Gasteiger partial charge in [-0.15, -0.1) is 0 Å². The molecule has 0 bridgehead atoms. The van der Waals surface area contributed by atoms with Crippen molar-refractivity contribution >= 4 is 21.6 Å². The number of hydrogen-bond acceptors (Lipinski definition) is 3. The van der Waals surface area contributed by atoms with E-state index in [1.165, 1.54) is 9.87 Å². The summed E-state index contributed by atoms with van der Waals surface area (Å²) in [5.74, 6) is 0.178. The monoisotopic (exact) mass is 428 g/mol. The summed E-state index contributed by atoms with van der Waals surface area (Å²) < 4.78 is 26.6. The Balaban J connectivity index is 1.91. The molecule has 6 heteroatoms. The van der Waals surface area contributed by atoms with Gasteiger partial charge < -0.3 is 5.32 Å². The van der Waals surface area contributed by atoms with Gasteiger partial charge in [0.1, 0.15) is 0 Å². The lowest BCUT2D eigenvalue weighted by Gasteiger charge is -2.30. The summed E-state index contributed by atoms with van der Waals surface area (Å²) in [6, 6.07) is 11.5. The minimum atomic E-state index is -3.33. The number of aryl methyl sites for hydroxylation is 3. The van der Waals surface area contributed by atoms with E-state index in [9.17, 15) is 13.2 Å². The van der Waals surface area contributed by atoms with E-state index in [-0.39, 0.29) is 23.6 Å². The van der Waals surface area contributed by atoms with Crippen molar-refractivity contribution in [2.75, 3.05) is 16.6 Å². The van der Waals surface area contributed by atoms with Gasteiger partial charge in [-0.1, -0.05) is 43.7 Å². The Morgan fingerprint density at radius 1 is 1.00 bits per heavy atom. The summed E-state index contributed by atoms with van der Waals surface area (Å²) in [6.07, 6.45) is 1.52. The molecule has 0 aliphatic carbocycles. The van der Waals surface area contributed by atoms with Gasteiger partial charge in [-0.05, 0) is 68.4 Å². The lowest BCUT2D eigenvalue weighted by atomic mass is 9.91. The molecule has 0 unspecified atom stereocenters. The number of rotatable bonds is 5. The van der Waals surface area contributed by atoms with E-state index >= 15 is 0 Å².